The molecule has 33 heavy (non-hydrogen) atoms. The van der Waals surface area contributed by atoms with Gasteiger partial charge in [0, 0.05) is 10.7 Å². The van der Waals surface area contributed by atoms with Crippen LogP contribution < -0.4 is 14.4 Å². The summed E-state index contributed by atoms with van der Waals surface area (Å²) in [5, 5.41) is 11.7. The summed E-state index contributed by atoms with van der Waals surface area (Å²) in [6, 6.07) is 15.5. The lowest BCUT2D eigenvalue weighted by Crippen LogP contribution is -2.29. The standard InChI is InChI=1S/C25H19ClFNO5/c1-32-18-10-11-20(33-2)19(13-18)23(29)21-22(14-6-8-15(26)9-7-14)28(25(31)24(21)30)17-5-3-4-16(27)12-17/h3-13,22,29H,1-2H3/b23-21+. The first-order chi connectivity index (χ1) is 15.8. The number of methoxy groups -OCH3 is 2. The minimum atomic E-state index is -1.03. The van der Waals surface area contributed by atoms with Gasteiger partial charge in [0.25, 0.3) is 11.7 Å². The first-order valence-corrected chi connectivity index (χ1v) is 10.3. The quantitative estimate of drug-likeness (QED) is 0.320. The van der Waals surface area contributed by atoms with E-state index in [2.05, 4.69) is 0 Å². The van der Waals surface area contributed by atoms with E-state index in [1.807, 2.05) is 0 Å². The highest BCUT2D eigenvalue weighted by atomic mass is 35.5. The molecule has 0 spiro atoms. The molecular formula is C25H19ClFNO5. The van der Waals surface area contributed by atoms with Crippen molar-refractivity contribution >= 4 is 34.7 Å². The van der Waals surface area contributed by atoms with Crippen LogP contribution in [0.4, 0.5) is 10.1 Å². The highest BCUT2D eigenvalue weighted by Crippen LogP contribution is 2.44. The fourth-order valence-corrected chi connectivity index (χ4v) is 3.96. The van der Waals surface area contributed by atoms with Gasteiger partial charge in [0.2, 0.25) is 0 Å². The molecule has 168 valence electrons. The Morgan fingerprint density at radius 3 is 2.36 bits per heavy atom. The third-order valence-corrected chi connectivity index (χ3v) is 5.63. The summed E-state index contributed by atoms with van der Waals surface area (Å²) >= 11 is 6.03. The molecule has 1 N–H and O–H groups in total. The van der Waals surface area contributed by atoms with Crippen LogP contribution in [0.15, 0.2) is 72.3 Å². The second kappa shape index (κ2) is 8.96. The predicted molar refractivity (Wildman–Crippen MR) is 122 cm³/mol. The van der Waals surface area contributed by atoms with Gasteiger partial charge in [-0.15, -0.1) is 0 Å². The summed E-state index contributed by atoms with van der Waals surface area (Å²) in [6.07, 6.45) is 0. The Kier molecular flexibility index (Phi) is 6.07. The molecule has 1 saturated heterocycles. The zero-order chi connectivity index (χ0) is 23.7. The van der Waals surface area contributed by atoms with Gasteiger partial charge in [-0.1, -0.05) is 29.8 Å². The van der Waals surface area contributed by atoms with E-state index < -0.39 is 29.3 Å². The van der Waals surface area contributed by atoms with E-state index in [0.29, 0.717) is 16.3 Å². The molecule has 8 heteroatoms. The van der Waals surface area contributed by atoms with Gasteiger partial charge < -0.3 is 14.6 Å². The van der Waals surface area contributed by atoms with Gasteiger partial charge in [-0.2, -0.15) is 0 Å². The zero-order valence-corrected chi connectivity index (χ0v) is 18.5. The number of benzene rings is 3. The van der Waals surface area contributed by atoms with Crippen LogP contribution in [-0.2, 0) is 9.59 Å². The minimum Gasteiger partial charge on any atom is -0.507 e. The van der Waals surface area contributed by atoms with Crippen LogP contribution in [0.3, 0.4) is 0 Å². The molecule has 0 saturated carbocycles. The number of ketones is 1. The highest BCUT2D eigenvalue weighted by molar-refractivity contribution is 6.51. The van der Waals surface area contributed by atoms with Gasteiger partial charge in [0.15, 0.2) is 0 Å². The topological polar surface area (TPSA) is 76.1 Å². The van der Waals surface area contributed by atoms with Crippen molar-refractivity contribution in [3.63, 3.8) is 0 Å². The van der Waals surface area contributed by atoms with Crippen LogP contribution in [0.1, 0.15) is 17.2 Å². The lowest BCUT2D eigenvalue weighted by atomic mass is 9.94. The van der Waals surface area contributed by atoms with Crippen LogP contribution >= 0.6 is 11.6 Å². The Bertz CT molecular complexity index is 1270. The average Bonchev–Trinajstić information content (AvgIpc) is 3.09. The fourth-order valence-electron chi connectivity index (χ4n) is 3.83. The number of aliphatic hydroxyl groups excluding tert-OH is 1. The Balaban J connectivity index is 1.99. The highest BCUT2D eigenvalue weighted by Gasteiger charge is 2.47. The number of hydrogen-bond donors (Lipinski definition) is 1. The number of hydrogen-bond acceptors (Lipinski definition) is 5. The van der Waals surface area contributed by atoms with Crippen molar-refractivity contribution in [3.05, 3.63) is 94.3 Å². The van der Waals surface area contributed by atoms with E-state index in [1.54, 1.807) is 36.4 Å². The molecule has 6 nitrogen and oxygen atoms in total. The lowest BCUT2D eigenvalue weighted by Gasteiger charge is -2.25. The van der Waals surface area contributed by atoms with Crippen LogP contribution in [0.2, 0.25) is 5.02 Å². The smallest absolute Gasteiger partial charge is 0.300 e. The van der Waals surface area contributed by atoms with Gasteiger partial charge in [-0.3, -0.25) is 14.5 Å². The maximum atomic E-state index is 14.0. The molecule has 3 aromatic rings. The fraction of sp³-hybridized carbons (Fsp3) is 0.120. The van der Waals surface area contributed by atoms with Crippen molar-refractivity contribution in [1.82, 2.24) is 0 Å². The first-order valence-electron chi connectivity index (χ1n) is 9.90. The van der Waals surface area contributed by atoms with Crippen molar-refractivity contribution in [2.45, 2.75) is 6.04 Å². The summed E-state index contributed by atoms with van der Waals surface area (Å²) in [4.78, 5) is 27.5. The molecule has 0 aliphatic carbocycles. The van der Waals surface area contributed by atoms with Crippen molar-refractivity contribution in [2.75, 3.05) is 19.1 Å². The number of aliphatic hydroxyl groups is 1. The zero-order valence-electron chi connectivity index (χ0n) is 17.7. The number of amides is 1. The van der Waals surface area contributed by atoms with Gasteiger partial charge >= 0.3 is 0 Å². The Morgan fingerprint density at radius 2 is 1.73 bits per heavy atom. The molecule has 0 aromatic heterocycles. The summed E-state index contributed by atoms with van der Waals surface area (Å²) in [7, 11) is 2.88. The molecule has 1 amide bonds. The van der Waals surface area contributed by atoms with E-state index in [1.165, 1.54) is 38.5 Å². The number of carbonyl (C=O) groups is 2. The van der Waals surface area contributed by atoms with Gasteiger partial charge in [-0.25, -0.2) is 4.39 Å². The summed E-state index contributed by atoms with van der Waals surface area (Å²) in [5.74, 6) is -2.13. The second-order valence-electron chi connectivity index (χ2n) is 7.27. The van der Waals surface area contributed by atoms with E-state index >= 15 is 0 Å². The number of halogens is 2. The molecule has 1 fully saturated rings. The largest absolute Gasteiger partial charge is 0.507 e. The number of ether oxygens (including phenoxy) is 2. The summed E-state index contributed by atoms with van der Waals surface area (Å²) in [5.41, 5.74) is 0.686. The van der Waals surface area contributed by atoms with Gasteiger partial charge in [0.05, 0.1) is 31.4 Å². The predicted octanol–water partition coefficient (Wildman–Crippen LogP) is 5.12. The molecule has 3 aromatic carbocycles. The first kappa shape index (κ1) is 22.4. The molecule has 1 unspecified atom stereocenters. The van der Waals surface area contributed by atoms with Gasteiger partial charge in [0.1, 0.15) is 23.1 Å². The van der Waals surface area contributed by atoms with Crippen LogP contribution in [0, 0.1) is 5.82 Å². The van der Waals surface area contributed by atoms with Crippen LogP contribution in [0.5, 0.6) is 11.5 Å². The van der Waals surface area contributed by atoms with Crippen molar-refractivity contribution in [3.8, 4) is 11.5 Å². The number of Topliss-reactive ketones (excluding diaryl/α,β-unsaturated/α-hetero) is 1. The summed E-state index contributed by atoms with van der Waals surface area (Å²) < 4.78 is 24.6. The Labute approximate surface area is 194 Å². The maximum absolute atomic E-state index is 14.0. The van der Waals surface area contributed by atoms with Crippen LogP contribution in [0.25, 0.3) is 5.76 Å². The molecule has 1 aliphatic rings. The summed E-state index contributed by atoms with van der Waals surface area (Å²) in [6.45, 7) is 0. The maximum Gasteiger partial charge on any atom is 0.300 e. The van der Waals surface area contributed by atoms with Crippen molar-refractivity contribution in [1.29, 1.82) is 0 Å². The number of nitrogens with zero attached hydrogens (tertiary/aromatic N) is 1. The number of rotatable bonds is 5. The van der Waals surface area contributed by atoms with E-state index in [9.17, 15) is 19.1 Å². The Hall–Kier alpha value is -3.84. The molecule has 1 atom stereocenters. The molecule has 4 rings (SSSR count). The van der Waals surface area contributed by atoms with Gasteiger partial charge in [-0.05, 0) is 54.1 Å². The molecule has 0 radical (unpaired) electrons. The average molecular weight is 468 g/mol. The third kappa shape index (κ3) is 4.03. The second-order valence-corrected chi connectivity index (χ2v) is 7.70. The monoisotopic (exact) mass is 467 g/mol. The van der Waals surface area contributed by atoms with Crippen molar-refractivity contribution in [2.24, 2.45) is 0 Å². The number of anilines is 1. The Morgan fingerprint density at radius 1 is 1.00 bits per heavy atom. The van der Waals surface area contributed by atoms with E-state index in [4.69, 9.17) is 21.1 Å². The number of carbonyl (C=O) groups excluding carboxylic acids is 2. The minimum absolute atomic E-state index is 0.168. The van der Waals surface area contributed by atoms with E-state index in [0.717, 1.165) is 11.0 Å². The molecular weight excluding hydrogens is 449 g/mol. The lowest BCUT2D eigenvalue weighted by molar-refractivity contribution is -0.132. The molecule has 1 aliphatic heterocycles. The third-order valence-electron chi connectivity index (χ3n) is 5.38. The van der Waals surface area contributed by atoms with E-state index in [-0.39, 0.29) is 22.6 Å². The normalized spacial score (nSPS) is 17.3. The van der Waals surface area contributed by atoms with Crippen molar-refractivity contribution < 1.29 is 28.6 Å². The van der Waals surface area contributed by atoms with Crippen LogP contribution in [-0.4, -0.2) is 31.0 Å². The molecule has 0 bridgehead atoms. The SMILES string of the molecule is COc1ccc(OC)c(/C(O)=C2\C(=O)C(=O)N(c3cccc(F)c3)C2c2ccc(Cl)cc2)c1. The molecule has 1 heterocycles.